The Labute approximate surface area is 199 Å². The number of benzene rings is 3. The van der Waals surface area contributed by atoms with Crippen molar-refractivity contribution in [3.8, 4) is 5.75 Å². The number of rotatable bonds is 7. The van der Waals surface area contributed by atoms with E-state index in [1.165, 1.54) is 0 Å². The highest BCUT2D eigenvalue weighted by molar-refractivity contribution is 7.80. The number of hydrogen-bond acceptors (Lipinski definition) is 4. The van der Waals surface area contributed by atoms with Crippen molar-refractivity contribution < 1.29 is 14.3 Å². The van der Waals surface area contributed by atoms with E-state index in [-0.39, 0.29) is 23.0 Å². The normalized spacial score (nSPS) is 11.4. The highest BCUT2D eigenvalue weighted by Gasteiger charge is 2.22. The van der Waals surface area contributed by atoms with Gasteiger partial charge in [0.15, 0.2) is 5.11 Å². The summed E-state index contributed by atoms with van der Waals surface area (Å²) in [5.41, 5.74) is 7.35. The minimum Gasteiger partial charge on any atom is -0.491 e. The zero-order chi connectivity index (χ0) is 23.6. The number of thiocarbonyl (C=S) groups is 1. The maximum absolute atomic E-state index is 13.0. The molecule has 33 heavy (non-hydrogen) atoms. The van der Waals surface area contributed by atoms with Gasteiger partial charge in [0, 0.05) is 5.56 Å². The van der Waals surface area contributed by atoms with E-state index in [2.05, 4.69) is 16.2 Å². The van der Waals surface area contributed by atoms with Crippen LogP contribution in [-0.4, -0.2) is 23.0 Å². The predicted molar refractivity (Wildman–Crippen MR) is 133 cm³/mol. The smallest absolute Gasteiger partial charge is 0.257 e. The molecule has 170 valence electrons. The minimum atomic E-state index is -0.531. The largest absolute Gasteiger partial charge is 0.491 e. The Morgan fingerprint density at radius 1 is 0.848 bits per heavy atom. The van der Waals surface area contributed by atoms with Gasteiger partial charge in [-0.05, 0) is 61.0 Å². The Morgan fingerprint density at radius 3 is 1.91 bits per heavy atom. The number of amides is 2. The van der Waals surface area contributed by atoms with Crippen LogP contribution in [0.15, 0.2) is 84.9 Å². The number of carbonyl (C=O) groups is 2. The van der Waals surface area contributed by atoms with Crippen LogP contribution < -0.4 is 20.9 Å². The van der Waals surface area contributed by atoms with Gasteiger partial charge in [0.05, 0.1) is 12.0 Å². The third-order valence-electron chi connectivity index (χ3n) is 5.08. The number of nitrogens with one attached hydrogen (secondary N) is 3. The summed E-state index contributed by atoms with van der Waals surface area (Å²) in [6.07, 6.45) is 0.990. The maximum atomic E-state index is 13.0. The molecule has 0 saturated heterocycles. The molecular weight excluding hydrogens is 434 g/mol. The van der Waals surface area contributed by atoms with E-state index >= 15 is 0 Å². The molecule has 6 nitrogen and oxygen atoms in total. The monoisotopic (exact) mass is 461 g/mol. The summed E-state index contributed by atoms with van der Waals surface area (Å²) in [6, 6.07) is 25.7. The average Bonchev–Trinajstić information content (AvgIpc) is 2.84. The van der Waals surface area contributed by atoms with Gasteiger partial charge in [-0.15, -0.1) is 0 Å². The second kappa shape index (κ2) is 11.8. The van der Waals surface area contributed by atoms with Gasteiger partial charge in [-0.3, -0.25) is 25.8 Å². The fourth-order valence-corrected chi connectivity index (χ4v) is 3.33. The molecule has 0 aliphatic carbocycles. The van der Waals surface area contributed by atoms with Crippen LogP contribution in [0, 0.1) is 0 Å². The summed E-state index contributed by atoms with van der Waals surface area (Å²) in [4.78, 5) is 25.5. The van der Waals surface area contributed by atoms with E-state index in [4.69, 9.17) is 17.0 Å². The summed E-state index contributed by atoms with van der Waals surface area (Å²) in [5.74, 6) is -0.520. The standard InChI is InChI=1S/C26H27N3O3S/c1-3-18(2)32-22-16-14-21(15-17-22)24(30)27-26(33)29-28-25(31)23(19-10-6-4-7-11-19)20-12-8-5-9-13-20/h4-18,23H,3H2,1-2H3,(H,28,31)(H2,27,29,30,33). The van der Waals surface area contributed by atoms with Crippen molar-refractivity contribution in [2.45, 2.75) is 32.3 Å². The SMILES string of the molecule is CCC(C)Oc1ccc(C(=O)NC(=S)NNC(=O)C(c2ccccc2)c2ccccc2)cc1. The molecule has 3 N–H and O–H groups in total. The molecule has 3 aromatic carbocycles. The van der Waals surface area contributed by atoms with Crippen LogP contribution in [0.5, 0.6) is 5.75 Å². The summed E-state index contributed by atoms with van der Waals surface area (Å²) < 4.78 is 5.72. The lowest BCUT2D eigenvalue weighted by Crippen LogP contribution is -2.49. The first-order chi connectivity index (χ1) is 16.0. The van der Waals surface area contributed by atoms with Gasteiger partial charge in [0.25, 0.3) is 5.91 Å². The van der Waals surface area contributed by atoms with Gasteiger partial charge < -0.3 is 4.74 Å². The van der Waals surface area contributed by atoms with Gasteiger partial charge in [0.1, 0.15) is 5.75 Å². The van der Waals surface area contributed by atoms with Crippen LogP contribution >= 0.6 is 12.2 Å². The third-order valence-corrected chi connectivity index (χ3v) is 5.29. The van der Waals surface area contributed by atoms with Crippen molar-refractivity contribution in [3.63, 3.8) is 0 Å². The van der Waals surface area contributed by atoms with Crippen LogP contribution in [0.4, 0.5) is 0 Å². The molecule has 0 aliphatic rings. The highest BCUT2D eigenvalue weighted by Crippen LogP contribution is 2.24. The molecule has 0 spiro atoms. The van der Waals surface area contributed by atoms with Crippen molar-refractivity contribution in [2.24, 2.45) is 0 Å². The number of hydrogen-bond donors (Lipinski definition) is 3. The lowest BCUT2D eigenvalue weighted by atomic mass is 9.91. The molecule has 0 heterocycles. The number of carbonyl (C=O) groups excluding carboxylic acids is 2. The zero-order valence-electron chi connectivity index (χ0n) is 18.6. The number of ether oxygens (including phenoxy) is 1. The zero-order valence-corrected chi connectivity index (χ0v) is 19.4. The first-order valence-corrected chi connectivity index (χ1v) is 11.2. The molecule has 7 heteroatoms. The van der Waals surface area contributed by atoms with E-state index in [1.807, 2.05) is 74.5 Å². The van der Waals surface area contributed by atoms with E-state index < -0.39 is 5.92 Å². The summed E-state index contributed by atoms with van der Waals surface area (Å²) >= 11 is 5.18. The fraction of sp³-hybridized carbons (Fsp3) is 0.192. The van der Waals surface area contributed by atoms with E-state index in [1.54, 1.807) is 24.3 Å². The molecule has 0 bridgehead atoms. The molecule has 1 atom stereocenters. The summed E-state index contributed by atoms with van der Waals surface area (Å²) in [7, 11) is 0. The summed E-state index contributed by atoms with van der Waals surface area (Å²) in [6.45, 7) is 4.03. The van der Waals surface area contributed by atoms with Gasteiger partial charge in [-0.1, -0.05) is 67.6 Å². The van der Waals surface area contributed by atoms with Crippen molar-refractivity contribution in [1.29, 1.82) is 0 Å². The molecule has 0 radical (unpaired) electrons. The lowest BCUT2D eigenvalue weighted by Gasteiger charge is -2.19. The van der Waals surface area contributed by atoms with Crippen LogP contribution in [0.2, 0.25) is 0 Å². The predicted octanol–water partition coefficient (Wildman–Crippen LogP) is 4.33. The van der Waals surface area contributed by atoms with Crippen LogP contribution in [0.1, 0.15) is 47.7 Å². The van der Waals surface area contributed by atoms with Gasteiger partial charge in [0.2, 0.25) is 5.91 Å². The average molecular weight is 462 g/mol. The van der Waals surface area contributed by atoms with Crippen LogP contribution in [0.25, 0.3) is 0 Å². The van der Waals surface area contributed by atoms with E-state index in [0.717, 1.165) is 17.5 Å². The van der Waals surface area contributed by atoms with Gasteiger partial charge >= 0.3 is 0 Å². The van der Waals surface area contributed by atoms with Gasteiger partial charge in [-0.2, -0.15) is 0 Å². The molecule has 3 rings (SSSR count). The van der Waals surface area contributed by atoms with E-state index in [0.29, 0.717) is 11.3 Å². The second-order valence-corrected chi connectivity index (χ2v) is 7.92. The van der Waals surface area contributed by atoms with Crippen molar-refractivity contribution in [2.75, 3.05) is 0 Å². The quantitative estimate of drug-likeness (QED) is 0.361. The second-order valence-electron chi connectivity index (χ2n) is 7.51. The van der Waals surface area contributed by atoms with Gasteiger partial charge in [-0.25, -0.2) is 0 Å². The highest BCUT2D eigenvalue weighted by atomic mass is 32.1. The summed E-state index contributed by atoms with van der Waals surface area (Å²) in [5, 5.41) is 2.56. The molecule has 0 fully saturated rings. The fourth-order valence-electron chi connectivity index (χ4n) is 3.18. The first-order valence-electron chi connectivity index (χ1n) is 10.8. The Kier molecular flexibility index (Phi) is 8.55. The molecule has 3 aromatic rings. The number of hydrazine groups is 1. The minimum absolute atomic E-state index is 0.00634. The van der Waals surface area contributed by atoms with Crippen LogP contribution in [0.3, 0.4) is 0 Å². The first kappa shape index (κ1) is 23.9. The Hall–Kier alpha value is -3.71. The topological polar surface area (TPSA) is 79.5 Å². The Bertz CT molecular complexity index is 1030. The third kappa shape index (κ3) is 6.89. The molecular formula is C26H27N3O3S. The van der Waals surface area contributed by atoms with Crippen molar-refractivity contribution in [1.82, 2.24) is 16.2 Å². The maximum Gasteiger partial charge on any atom is 0.257 e. The molecule has 0 aliphatic heterocycles. The van der Waals surface area contributed by atoms with Crippen molar-refractivity contribution >= 4 is 29.1 Å². The van der Waals surface area contributed by atoms with E-state index in [9.17, 15) is 9.59 Å². The molecule has 0 saturated carbocycles. The Balaban J connectivity index is 1.59. The lowest BCUT2D eigenvalue weighted by molar-refractivity contribution is -0.122. The molecule has 2 amide bonds. The Morgan fingerprint density at radius 2 is 1.39 bits per heavy atom. The van der Waals surface area contributed by atoms with Crippen LogP contribution in [-0.2, 0) is 4.79 Å². The van der Waals surface area contributed by atoms with Crippen molar-refractivity contribution in [3.05, 3.63) is 102 Å². The molecule has 0 aromatic heterocycles. The molecule has 1 unspecified atom stereocenters.